The van der Waals surface area contributed by atoms with Crippen LogP contribution in [0.25, 0.3) is 0 Å². The van der Waals surface area contributed by atoms with Gasteiger partial charge < -0.3 is 25.4 Å². The molecule has 0 radical (unpaired) electrons. The Hall–Kier alpha value is -3.67. The first-order valence-corrected chi connectivity index (χ1v) is 8.79. The number of amides is 1. The maximum atomic E-state index is 12.1. The minimum absolute atomic E-state index is 0.264. The molecule has 3 aromatic carbocycles. The summed E-state index contributed by atoms with van der Waals surface area (Å²) in [6.07, 6.45) is 0.566. The molecule has 4 N–H and O–H groups in total. The van der Waals surface area contributed by atoms with Crippen LogP contribution in [0.3, 0.4) is 0 Å². The lowest BCUT2D eigenvalue weighted by atomic mass is 10.1. The van der Waals surface area contributed by atoms with E-state index in [1.165, 1.54) is 5.56 Å². The quantitative estimate of drug-likeness (QED) is 0.521. The van der Waals surface area contributed by atoms with Crippen molar-refractivity contribution >= 4 is 5.91 Å². The minimum Gasteiger partial charge on any atom is -0.508 e. The molecule has 0 unspecified atom stereocenters. The first kappa shape index (κ1) is 19.1. The minimum atomic E-state index is -0.616. The fourth-order valence-corrected chi connectivity index (χ4v) is 2.71. The Kier molecular flexibility index (Phi) is 5.69. The zero-order valence-corrected chi connectivity index (χ0v) is 15.3. The third-order valence-electron chi connectivity index (χ3n) is 4.19. The zero-order valence-electron chi connectivity index (χ0n) is 15.3. The van der Waals surface area contributed by atoms with Crippen molar-refractivity contribution in [3.8, 4) is 28.7 Å². The molecule has 0 aliphatic carbocycles. The summed E-state index contributed by atoms with van der Waals surface area (Å²) in [5.41, 5.74) is 1.90. The molecular formula is C22H21NO5. The fourth-order valence-electron chi connectivity index (χ4n) is 2.71. The Morgan fingerprint density at radius 2 is 1.43 bits per heavy atom. The largest absolute Gasteiger partial charge is 0.508 e. The number of benzene rings is 3. The van der Waals surface area contributed by atoms with E-state index in [0.717, 1.165) is 29.2 Å². The molecule has 0 atom stereocenters. The van der Waals surface area contributed by atoms with Crippen LogP contribution in [0.2, 0.25) is 0 Å². The van der Waals surface area contributed by atoms with Crippen LogP contribution < -0.4 is 10.1 Å². The second-order valence-corrected chi connectivity index (χ2v) is 6.42. The van der Waals surface area contributed by atoms with E-state index in [1.54, 1.807) is 0 Å². The molecule has 0 fully saturated rings. The molecule has 1 amide bonds. The number of rotatable bonds is 6. The van der Waals surface area contributed by atoms with E-state index in [1.807, 2.05) is 55.5 Å². The molecule has 6 nitrogen and oxygen atoms in total. The van der Waals surface area contributed by atoms with Crippen LogP contribution in [0.5, 0.6) is 28.7 Å². The van der Waals surface area contributed by atoms with Crippen molar-refractivity contribution in [2.24, 2.45) is 0 Å². The number of aromatic hydroxyl groups is 3. The molecule has 3 aromatic rings. The number of phenolic OH excluding ortho intramolecular Hbond substituents is 3. The summed E-state index contributed by atoms with van der Waals surface area (Å²) in [5.74, 6) is -0.413. The highest BCUT2D eigenvalue weighted by Gasteiger charge is 2.17. The smallest absolute Gasteiger partial charge is 0.258 e. The average molecular weight is 379 g/mol. The third-order valence-corrected chi connectivity index (χ3v) is 4.19. The monoisotopic (exact) mass is 379 g/mol. The van der Waals surface area contributed by atoms with Crippen LogP contribution in [0.1, 0.15) is 21.5 Å². The van der Waals surface area contributed by atoms with Gasteiger partial charge in [0.1, 0.15) is 34.3 Å². The Morgan fingerprint density at radius 1 is 0.893 bits per heavy atom. The van der Waals surface area contributed by atoms with Crippen LogP contribution in [-0.2, 0) is 6.42 Å². The van der Waals surface area contributed by atoms with Gasteiger partial charge in [0, 0.05) is 18.7 Å². The molecule has 0 bridgehead atoms. The number of aryl methyl sites for hydroxylation is 1. The molecule has 0 aliphatic heterocycles. The van der Waals surface area contributed by atoms with Gasteiger partial charge in [-0.2, -0.15) is 0 Å². The molecule has 0 aliphatic rings. The van der Waals surface area contributed by atoms with E-state index >= 15 is 0 Å². The van der Waals surface area contributed by atoms with E-state index in [2.05, 4.69) is 5.32 Å². The van der Waals surface area contributed by atoms with Crippen molar-refractivity contribution in [3.05, 3.63) is 77.4 Å². The number of ether oxygens (including phenoxy) is 1. The van der Waals surface area contributed by atoms with Crippen molar-refractivity contribution < 1.29 is 24.9 Å². The molecule has 0 aromatic heterocycles. The molecule has 0 spiro atoms. The second kappa shape index (κ2) is 8.35. The average Bonchev–Trinajstić information content (AvgIpc) is 2.64. The van der Waals surface area contributed by atoms with Crippen molar-refractivity contribution in [3.63, 3.8) is 0 Å². The summed E-state index contributed by atoms with van der Waals surface area (Å²) in [4.78, 5) is 12.1. The van der Waals surface area contributed by atoms with Crippen LogP contribution in [0.15, 0.2) is 60.7 Å². The highest BCUT2D eigenvalue weighted by atomic mass is 16.5. The molecule has 6 heteroatoms. The Morgan fingerprint density at radius 3 is 2.00 bits per heavy atom. The van der Waals surface area contributed by atoms with Gasteiger partial charge in [-0.15, -0.1) is 0 Å². The van der Waals surface area contributed by atoms with E-state index < -0.39 is 17.4 Å². The Bertz CT molecular complexity index is 942. The van der Waals surface area contributed by atoms with Gasteiger partial charge in [0.15, 0.2) is 0 Å². The van der Waals surface area contributed by atoms with E-state index in [0.29, 0.717) is 13.0 Å². The first-order valence-electron chi connectivity index (χ1n) is 8.79. The Labute approximate surface area is 162 Å². The lowest BCUT2D eigenvalue weighted by Gasteiger charge is -2.10. The van der Waals surface area contributed by atoms with Crippen molar-refractivity contribution in [2.45, 2.75) is 13.3 Å². The maximum absolute atomic E-state index is 12.1. The molecule has 3 rings (SSSR count). The molecule has 28 heavy (non-hydrogen) atoms. The Balaban J connectivity index is 1.54. The van der Waals surface area contributed by atoms with Crippen molar-refractivity contribution in [2.75, 3.05) is 6.54 Å². The number of carbonyl (C=O) groups is 1. The topological polar surface area (TPSA) is 99.0 Å². The number of phenols is 3. The highest BCUT2D eigenvalue weighted by Crippen LogP contribution is 2.31. The zero-order chi connectivity index (χ0) is 20.1. The summed E-state index contributed by atoms with van der Waals surface area (Å²) in [7, 11) is 0. The number of hydrogen-bond acceptors (Lipinski definition) is 5. The van der Waals surface area contributed by atoms with Gasteiger partial charge in [0.05, 0.1) is 0 Å². The van der Waals surface area contributed by atoms with E-state index in [-0.39, 0.29) is 11.3 Å². The predicted octanol–water partition coefficient (Wildman–Crippen LogP) is 3.88. The fraction of sp³-hybridized carbons (Fsp3) is 0.136. The standard InChI is InChI=1S/C22H21NO5/c1-14-2-6-17(7-3-14)28-18-8-4-15(5-9-18)10-11-23-22(27)21-19(25)12-16(24)13-20(21)26/h2-9,12-13,24-26H,10-11H2,1H3,(H,23,27). The lowest BCUT2D eigenvalue weighted by Crippen LogP contribution is -2.25. The molecule has 0 heterocycles. The summed E-state index contributed by atoms with van der Waals surface area (Å²) >= 11 is 0. The van der Waals surface area contributed by atoms with Gasteiger partial charge in [-0.25, -0.2) is 0 Å². The van der Waals surface area contributed by atoms with Crippen LogP contribution in [0, 0.1) is 6.92 Å². The number of hydrogen-bond donors (Lipinski definition) is 4. The van der Waals surface area contributed by atoms with E-state index in [4.69, 9.17) is 4.74 Å². The number of nitrogens with one attached hydrogen (secondary N) is 1. The van der Waals surface area contributed by atoms with Crippen molar-refractivity contribution in [1.82, 2.24) is 5.32 Å². The SMILES string of the molecule is Cc1ccc(Oc2ccc(CCNC(=O)c3c(O)cc(O)cc3O)cc2)cc1. The van der Waals surface area contributed by atoms with E-state index in [9.17, 15) is 20.1 Å². The van der Waals surface area contributed by atoms with Gasteiger partial charge in [-0.05, 0) is 43.2 Å². The predicted molar refractivity (Wildman–Crippen MR) is 105 cm³/mol. The van der Waals surface area contributed by atoms with Gasteiger partial charge in [-0.1, -0.05) is 29.8 Å². The maximum Gasteiger partial charge on any atom is 0.258 e. The third kappa shape index (κ3) is 4.73. The van der Waals surface area contributed by atoms with Gasteiger partial charge in [0.25, 0.3) is 5.91 Å². The summed E-state index contributed by atoms with van der Waals surface area (Å²) < 4.78 is 5.78. The summed E-state index contributed by atoms with van der Waals surface area (Å²) in [5, 5.41) is 31.4. The first-order chi connectivity index (χ1) is 13.4. The lowest BCUT2D eigenvalue weighted by molar-refractivity contribution is 0.0948. The van der Waals surface area contributed by atoms with Gasteiger partial charge in [0.2, 0.25) is 0 Å². The highest BCUT2D eigenvalue weighted by molar-refractivity contribution is 5.99. The molecule has 0 saturated heterocycles. The summed E-state index contributed by atoms with van der Waals surface area (Å²) in [6.45, 7) is 2.33. The molecule has 0 saturated carbocycles. The normalized spacial score (nSPS) is 10.5. The van der Waals surface area contributed by atoms with Crippen LogP contribution in [-0.4, -0.2) is 27.8 Å². The number of carbonyl (C=O) groups excluding carboxylic acids is 1. The van der Waals surface area contributed by atoms with Crippen LogP contribution in [0.4, 0.5) is 0 Å². The summed E-state index contributed by atoms with van der Waals surface area (Å²) in [6, 6.07) is 17.3. The van der Waals surface area contributed by atoms with Gasteiger partial charge >= 0.3 is 0 Å². The van der Waals surface area contributed by atoms with Crippen LogP contribution >= 0.6 is 0 Å². The molecule has 144 valence electrons. The van der Waals surface area contributed by atoms with Crippen molar-refractivity contribution in [1.29, 1.82) is 0 Å². The second-order valence-electron chi connectivity index (χ2n) is 6.42. The van der Waals surface area contributed by atoms with Gasteiger partial charge in [-0.3, -0.25) is 4.79 Å². The molecular weight excluding hydrogens is 358 g/mol.